The van der Waals surface area contributed by atoms with Gasteiger partial charge in [0, 0.05) is 21.5 Å². The maximum absolute atomic E-state index is 13.7. The number of carbonyl (C=O) groups is 1. The summed E-state index contributed by atoms with van der Waals surface area (Å²) in [6.45, 7) is 6.17. The molecule has 170 valence electrons. The molecule has 0 saturated heterocycles. The molecule has 1 aromatic carbocycles. The zero-order valence-electron chi connectivity index (χ0n) is 19.2. The molecule has 4 rings (SSSR count). The Morgan fingerprint density at radius 1 is 1.28 bits per heavy atom. The summed E-state index contributed by atoms with van der Waals surface area (Å²) in [6.07, 6.45) is 5.09. The van der Waals surface area contributed by atoms with E-state index in [0.717, 1.165) is 61.2 Å². The number of aromatic nitrogens is 3. The molecule has 0 bridgehead atoms. The van der Waals surface area contributed by atoms with Crippen LogP contribution in [0.3, 0.4) is 0 Å². The Bertz CT molecular complexity index is 1140. The van der Waals surface area contributed by atoms with E-state index < -0.39 is 5.41 Å². The van der Waals surface area contributed by atoms with E-state index in [1.54, 1.807) is 37.5 Å². The first-order valence-corrected chi connectivity index (χ1v) is 12.0. The van der Waals surface area contributed by atoms with Gasteiger partial charge in [-0.2, -0.15) is 5.10 Å². The van der Waals surface area contributed by atoms with Crippen molar-refractivity contribution in [1.29, 1.82) is 0 Å². The highest BCUT2D eigenvalue weighted by Gasteiger charge is 2.35. The quantitative estimate of drug-likeness (QED) is 0.488. The minimum Gasteiger partial charge on any atom is -0.473 e. The number of rotatable bonds is 6. The summed E-state index contributed by atoms with van der Waals surface area (Å²) in [6, 6.07) is 7.03. The predicted molar refractivity (Wildman–Crippen MR) is 125 cm³/mol. The number of fused-ring (bicyclic) bond motifs is 1. The van der Waals surface area contributed by atoms with Crippen LogP contribution in [0.2, 0.25) is 0 Å². The molecule has 2 heterocycles. The van der Waals surface area contributed by atoms with Gasteiger partial charge in [0.1, 0.15) is 12.4 Å². The topological polar surface area (TPSA) is 57.0 Å². The summed E-state index contributed by atoms with van der Waals surface area (Å²) in [5, 5.41) is 5.44. The maximum Gasteiger partial charge on any atom is 0.273 e. The average molecular weight is 456 g/mol. The Morgan fingerprint density at radius 3 is 2.81 bits per heavy atom. The van der Waals surface area contributed by atoms with Crippen LogP contribution in [0.15, 0.2) is 24.3 Å². The number of ether oxygens (including phenoxy) is 1. The monoisotopic (exact) mass is 455 g/mol. The minimum atomic E-state index is -0.390. The van der Waals surface area contributed by atoms with Crippen LogP contribution < -0.4 is 4.74 Å². The van der Waals surface area contributed by atoms with E-state index in [-0.39, 0.29) is 18.1 Å². The van der Waals surface area contributed by atoms with Gasteiger partial charge in [-0.1, -0.05) is 25.2 Å². The largest absolute Gasteiger partial charge is 0.473 e. The van der Waals surface area contributed by atoms with Crippen LogP contribution in [0.1, 0.15) is 54.9 Å². The molecule has 0 radical (unpaired) electrons. The molecule has 1 aliphatic carbocycles. The third kappa shape index (κ3) is 4.49. The maximum atomic E-state index is 13.7. The van der Waals surface area contributed by atoms with Crippen molar-refractivity contribution in [3.05, 3.63) is 51.9 Å². The Balaban J connectivity index is 1.53. The number of hydrogen-bond donors (Lipinski definition) is 0. The second-order valence-corrected chi connectivity index (χ2v) is 9.93. The summed E-state index contributed by atoms with van der Waals surface area (Å²) in [7, 11) is 1.65. The molecule has 1 atom stereocenters. The number of methoxy groups -OCH3 is 1. The Labute approximate surface area is 192 Å². The fourth-order valence-electron chi connectivity index (χ4n) is 4.43. The van der Waals surface area contributed by atoms with Gasteiger partial charge in [-0.15, -0.1) is 0 Å². The van der Waals surface area contributed by atoms with Gasteiger partial charge in [0.15, 0.2) is 5.78 Å². The minimum absolute atomic E-state index is 0.220. The van der Waals surface area contributed by atoms with E-state index in [0.29, 0.717) is 10.8 Å². The van der Waals surface area contributed by atoms with Gasteiger partial charge in [-0.05, 0) is 75.3 Å². The lowest BCUT2D eigenvalue weighted by Crippen LogP contribution is -2.33. The molecule has 0 N–H and O–H groups in total. The van der Waals surface area contributed by atoms with Crippen LogP contribution in [0.25, 0.3) is 11.3 Å². The molecule has 0 spiro atoms. The lowest BCUT2D eigenvalue weighted by Gasteiger charge is -2.30. The summed E-state index contributed by atoms with van der Waals surface area (Å²) in [4.78, 5) is 19.3. The number of ketones is 1. The zero-order chi connectivity index (χ0) is 22.9. The van der Waals surface area contributed by atoms with Gasteiger partial charge in [-0.3, -0.25) is 9.48 Å². The third-order valence-electron chi connectivity index (χ3n) is 6.63. The van der Waals surface area contributed by atoms with Gasteiger partial charge < -0.3 is 4.74 Å². The molecule has 0 saturated carbocycles. The Morgan fingerprint density at radius 2 is 2.09 bits per heavy atom. The zero-order valence-corrected chi connectivity index (χ0v) is 20.0. The number of Topliss-reactive ketones (excluding diaryl/α,β-unsaturated/α-hetero) is 1. The van der Waals surface area contributed by atoms with Gasteiger partial charge >= 0.3 is 0 Å². The van der Waals surface area contributed by atoms with Crippen molar-refractivity contribution in [3.8, 4) is 16.5 Å². The highest BCUT2D eigenvalue weighted by Crippen LogP contribution is 2.38. The number of benzene rings is 1. The molecular formula is C25H30FN3O2S. The summed E-state index contributed by atoms with van der Waals surface area (Å²) < 4.78 is 20.8. The summed E-state index contributed by atoms with van der Waals surface area (Å²) in [5.41, 5.74) is 3.99. The van der Waals surface area contributed by atoms with Gasteiger partial charge in [0.05, 0.1) is 18.5 Å². The van der Waals surface area contributed by atoms with Crippen molar-refractivity contribution in [2.75, 3.05) is 7.11 Å². The van der Waals surface area contributed by atoms with Crippen LogP contribution in [0.4, 0.5) is 4.39 Å². The highest BCUT2D eigenvalue weighted by atomic mass is 32.1. The van der Waals surface area contributed by atoms with E-state index in [1.165, 1.54) is 10.9 Å². The predicted octanol–water partition coefficient (Wildman–Crippen LogP) is 5.57. The number of carbonyl (C=O) groups excluding carboxylic acids is 1. The van der Waals surface area contributed by atoms with Crippen molar-refractivity contribution in [1.82, 2.24) is 14.8 Å². The Kier molecular flexibility index (Phi) is 6.47. The second kappa shape index (κ2) is 9.14. The van der Waals surface area contributed by atoms with Crippen molar-refractivity contribution in [3.63, 3.8) is 0 Å². The molecule has 0 amide bonds. The number of hydrogen-bond acceptors (Lipinski definition) is 5. The number of thiazole rings is 1. The third-order valence-corrected chi connectivity index (χ3v) is 7.74. The molecular weight excluding hydrogens is 425 g/mol. The van der Waals surface area contributed by atoms with Crippen LogP contribution in [0.5, 0.6) is 5.19 Å². The molecule has 0 fully saturated rings. The van der Waals surface area contributed by atoms with Crippen LogP contribution in [-0.4, -0.2) is 27.7 Å². The molecule has 2 aromatic heterocycles. The molecule has 3 aromatic rings. The first kappa shape index (κ1) is 22.6. The lowest BCUT2D eigenvalue weighted by atomic mass is 9.75. The second-order valence-electron chi connectivity index (χ2n) is 8.89. The van der Waals surface area contributed by atoms with E-state index in [2.05, 4.69) is 18.8 Å². The van der Waals surface area contributed by atoms with Gasteiger partial charge in [0.25, 0.3) is 5.19 Å². The van der Waals surface area contributed by atoms with Crippen LogP contribution in [-0.2, 0) is 30.6 Å². The van der Waals surface area contributed by atoms with Crippen molar-refractivity contribution in [2.24, 2.45) is 5.41 Å². The van der Waals surface area contributed by atoms with Gasteiger partial charge in [0.2, 0.25) is 0 Å². The van der Waals surface area contributed by atoms with Crippen molar-refractivity contribution in [2.45, 2.75) is 65.8 Å². The van der Waals surface area contributed by atoms with E-state index in [1.807, 2.05) is 10.7 Å². The summed E-state index contributed by atoms with van der Waals surface area (Å²) >= 11 is 1.59. The van der Waals surface area contributed by atoms with E-state index in [9.17, 15) is 9.18 Å². The van der Waals surface area contributed by atoms with E-state index in [4.69, 9.17) is 9.84 Å². The molecule has 1 aliphatic rings. The average Bonchev–Trinajstić information content (AvgIpc) is 3.36. The number of halogens is 1. The summed E-state index contributed by atoms with van der Waals surface area (Å²) in [5.74, 6) is -0.00457. The first-order chi connectivity index (χ1) is 15.3. The number of aryl methyl sites for hydroxylation is 4. The van der Waals surface area contributed by atoms with Crippen LogP contribution in [0, 0.1) is 18.2 Å². The number of nitrogens with zero attached hydrogens (tertiary/aromatic N) is 3. The fraction of sp³-hybridized carbons (Fsp3) is 0.480. The fourth-order valence-corrected chi connectivity index (χ4v) is 5.35. The molecule has 1 unspecified atom stereocenters. The van der Waals surface area contributed by atoms with Gasteiger partial charge in [-0.25, -0.2) is 9.37 Å². The van der Waals surface area contributed by atoms with Crippen molar-refractivity contribution < 1.29 is 13.9 Å². The molecule has 7 heteroatoms. The SMILES string of the molecule is CCc1cc(-c2ccc(F)c(C)c2)nn1CC(=O)C1(C)CCCc2nc(OC)sc2CC1. The molecule has 5 nitrogen and oxygen atoms in total. The molecule has 32 heavy (non-hydrogen) atoms. The standard InChI is InChI=1S/C25H30FN3O2S/c1-5-18-14-21(17-8-9-19(26)16(2)13-17)28-29(18)15-23(30)25(3)11-6-7-20-22(10-12-25)32-24(27-20)31-4/h8-9,13-14H,5-7,10-12,15H2,1-4H3. The van der Waals surface area contributed by atoms with Crippen LogP contribution >= 0.6 is 11.3 Å². The smallest absolute Gasteiger partial charge is 0.273 e. The Hall–Kier alpha value is -2.54. The normalized spacial score (nSPS) is 18.7. The highest BCUT2D eigenvalue weighted by molar-refractivity contribution is 7.13. The molecule has 0 aliphatic heterocycles. The first-order valence-electron chi connectivity index (χ1n) is 11.2. The lowest BCUT2D eigenvalue weighted by molar-refractivity contribution is -0.129. The van der Waals surface area contributed by atoms with E-state index >= 15 is 0 Å². The van der Waals surface area contributed by atoms with Crippen molar-refractivity contribution >= 4 is 17.1 Å².